The second kappa shape index (κ2) is 7.32. The van der Waals surface area contributed by atoms with Crippen LogP contribution in [0.3, 0.4) is 0 Å². The van der Waals surface area contributed by atoms with Gasteiger partial charge in [0.05, 0.1) is 0 Å². The highest BCUT2D eigenvalue weighted by Crippen LogP contribution is 2.29. The molecule has 22 heavy (non-hydrogen) atoms. The Kier molecular flexibility index (Phi) is 5.91. The molecule has 4 nitrogen and oxygen atoms in total. The lowest BCUT2D eigenvalue weighted by molar-refractivity contribution is 0.0288. The molecule has 1 aliphatic heterocycles. The summed E-state index contributed by atoms with van der Waals surface area (Å²) in [7, 11) is 0. The molecular weight excluding hydrogens is 364 g/mol. The van der Waals surface area contributed by atoms with Crippen molar-refractivity contribution >= 4 is 33.4 Å². The van der Waals surface area contributed by atoms with Gasteiger partial charge in [-0.15, -0.1) is 11.3 Å². The average molecular weight is 389 g/mol. The van der Waals surface area contributed by atoms with E-state index >= 15 is 0 Å². The van der Waals surface area contributed by atoms with Gasteiger partial charge in [0.2, 0.25) is 0 Å². The fourth-order valence-electron chi connectivity index (χ4n) is 2.54. The van der Waals surface area contributed by atoms with E-state index in [1.54, 1.807) is 11.3 Å². The van der Waals surface area contributed by atoms with Crippen molar-refractivity contribution in [2.24, 2.45) is 5.92 Å². The molecule has 1 aliphatic rings. The summed E-state index contributed by atoms with van der Waals surface area (Å²) in [6.45, 7) is 10.4. The average Bonchev–Trinajstić information content (AvgIpc) is 3.02. The number of likely N-dealkylation sites (tertiary alicyclic amines) is 1. The van der Waals surface area contributed by atoms with Gasteiger partial charge in [-0.25, -0.2) is 4.79 Å². The van der Waals surface area contributed by atoms with E-state index in [2.05, 4.69) is 39.6 Å². The van der Waals surface area contributed by atoms with E-state index in [0.29, 0.717) is 12.0 Å². The van der Waals surface area contributed by atoms with Gasteiger partial charge >= 0.3 is 6.09 Å². The standard InChI is InChI=1S/C16H25BrN2O2S/c1-11(14-13(17)6-8-22-14)18-9-12-5-7-19(10-12)15(20)21-16(2,3)4/h6,8,11-12,18H,5,7,9-10H2,1-4H3. The summed E-state index contributed by atoms with van der Waals surface area (Å²) in [4.78, 5) is 15.2. The van der Waals surface area contributed by atoms with E-state index in [4.69, 9.17) is 4.74 Å². The smallest absolute Gasteiger partial charge is 0.410 e. The maximum Gasteiger partial charge on any atom is 0.410 e. The first-order valence-electron chi connectivity index (χ1n) is 7.70. The van der Waals surface area contributed by atoms with Crippen molar-refractivity contribution in [3.05, 3.63) is 20.8 Å². The van der Waals surface area contributed by atoms with Crippen molar-refractivity contribution < 1.29 is 9.53 Å². The van der Waals surface area contributed by atoms with Crippen LogP contribution in [0.15, 0.2) is 15.9 Å². The highest BCUT2D eigenvalue weighted by atomic mass is 79.9. The van der Waals surface area contributed by atoms with Gasteiger partial charge in [-0.3, -0.25) is 0 Å². The zero-order chi connectivity index (χ0) is 16.3. The molecule has 0 spiro atoms. The molecule has 2 atom stereocenters. The minimum atomic E-state index is -0.423. The first kappa shape index (κ1) is 17.8. The van der Waals surface area contributed by atoms with Crippen LogP contribution < -0.4 is 5.32 Å². The molecule has 1 amide bonds. The van der Waals surface area contributed by atoms with Gasteiger partial charge < -0.3 is 15.0 Å². The number of carbonyl (C=O) groups excluding carboxylic acids is 1. The van der Waals surface area contributed by atoms with Crippen molar-refractivity contribution in [2.45, 2.75) is 45.8 Å². The van der Waals surface area contributed by atoms with Gasteiger partial charge in [-0.1, -0.05) is 0 Å². The van der Waals surface area contributed by atoms with E-state index in [-0.39, 0.29) is 6.09 Å². The number of halogens is 1. The molecule has 0 radical (unpaired) electrons. The van der Waals surface area contributed by atoms with Crippen LogP contribution in [0.5, 0.6) is 0 Å². The number of hydrogen-bond acceptors (Lipinski definition) is 4. The topological polar surface area (TPSA) is 41.6 Å². The molecular formula is C16H25BrN2O2S. The summed E-state index contributed by atoms with van der Waals surface area (Å²) in [6.07, 6.45) is 0.842. The molecule has 0 aliphatic carbocycles. The predicted molar refractivity (Wildman–Crippen MR) is 94.4 cm³/mol. The predicted octanol–water partition coefficient (Wildman–Crippen LogP) is 4.42. The summed E-state index contributed by atoms with van der Waals surface area (Å²) >= 11 is 5.34. The fraction of sp³-hybridized carbons (Fsp3) is 0.688. The highest BCUT2D eigenvalue weighted by Gasteiger charge is 2.29. The molecule has 1 fully saturated rings. The van der Waals surface area contributed by atoms with Crippen LogP contribution in [-0.2, 0) is 4.74 Å². The largest absolute Gasteiger partial charge is 0.444 e. The number of thiophene rings is 1. The molecule has 2 heterocycles. The molecule has 2 rings (SSSR count). The van der Waals surface area contributed by atoms with Crippen LogP contribution in [0.25, 0.3) is 0 Å². The number of amides is 1. The van der Waals surface area contributed by atoms with E-state index < -0.39 is 5.60 Å². The minimum Gasteiger partial charge on any atom is -0.444 e. The molecule has 6 heteroatoms. The Morgan fingerprint density at radius 1 is 1.59 bits per heavy atom. The number of carbonyl (C=O) groups is 1. The van der Waals surface area contributed by atoms with E-state index in [9.17, 15) is 4.79 Å². The van der Waals surface area contributed by atoms with Crippen LogP contribution in [0.2, 0.25) is 0 Å². The lowest BCUT2D eigenvalue weighted by atomic mass is 10.1. The van der Waals surface area contributed by atoms with E-state index in [0.717, 1.165) is 26.1 Å². The summed E-state index contributed by atoms with van der Waals surface area (Å²) in [5, 5.41) is 5.67. The number of ether oxygens (including phenoxy) is 1. The lowest BCUT2D eigenvalue weighted by Crippen LogP contribution is -2.36. The van der Waals surface area contributed by atoms with Crippen LogP contribution >= 0.6 is 27.3 Å². The Morgan fingerprint density at radius 3 is 2.91 bits per heavy atom. The van der Waals surface area contributed by atoms with Crippen molar-refractivity contribution in [3.63, 3.8) is 0 Å². The molecule has 2 unspecified atom stereocenters. The minimum absolute atomic E-state index is 0.191. The third-order valence-electron chi connectivity index (χ3n) is 3.69. The molecule has 0 bridgehead atoms. The van der Waals surface area contributed by atoms with E-state index in [1.807, 2.05) is 25.7 Å². The Balaban J connectivity index is 1.77. The number of nitrogens with one attached hydrogen (secondary N) is 1. The van der Waals surface area contributed by atoms with Crippen LogP contribution in [0.4, 0.5) is 4.79 Å². The van der Waals surface area contributed by atoms with Crippen molar-refractivity contribution in [1.82, 2.24) is 10.2 Å². The third-order valence-corrected chi connectivity index (χ3v) is 5.74. The Bertz CT molecular complexity index is 512. The normalized spacial score (nSPS) is 20.2. The maximum atomic E-state index is 12.1. The molecule has 124 valence electrons. The second-order valence-corrected chi connectivity index (χ2v) is 8.65. The Morgan fingerprint density at radius 2 is 2.32 bits per heavy atom. The number of rotatable bonds is 4. The monoisotopic (exact) mass is 388 g/mol. The number of nitrogens with zero attached hydrogens (tertiary/aromatic N) is 1. The quantitative estimate of drug-likeness (QED) is 0.829. The zero-order valence-electron chi connectivity index (χ0n) is 13.7. The lowest BCUT2D eigenvalue weighted by Gasteiger charge is -2.24. The molecule has 0 aromatic carbocycles. The first-order valence-corrected chi connectivity index (χ1v) is 9.37. The van der Waals surface area contributed by atoms with Gasteiger partial charge in [0.25, 0.3) is 0 Å². The van der Waals surface area contributed by atoms with Gasteiger partial charge in [0, 0.05) is 35.0 Å². The Labute approximate surface area is 145 Å². The number of hydrogen-bond donors (Lipinski definition) is 1. The van der Waals surface area contributed by atoms with Crippen LogP contribution in [-0.4, -0.2) is 36.2 Å². The summed E-state index contributed by atoms with van der Waals surface area (Å²) in [6, 6.07) is 2.41. The SMILES string of the molecule is CC(NCC1CCN(C(=O)OC(C)(C)C)C1)c1sccc1Br. The summed E-state index contributed by atoms with van der Waals surface area (Å²) in [5.74, 6) is 0.494. The molecule has 0 saturated carbocycles. The zero-order valence-corrected chi connectivity index (χ0v) is 16.1. The van der Waals surface area contributed by atoms with Gasteiger partial charge in [-0.05, 0) is 67.4 Å². The molecule has 1 N–H and O–H groups in total. The fourth-order valence-corrected chi connectivity index (χ4v) is 4.29. The molecule has 1 aromatic rings. The Hall–Kier alpha value is -0.590. The van der Waals surface area contributed by atoms with Crippen molar-refractivity contribution in [3.8, 4) is 0 Å². The van der Waals surface area contributed by atoms with Crippen LogP contribution in [0.1, 0.15) is 45.0 Å². The van der Waals surface area contributed by atoms with Crippen molar-refractivity contribution in [2.75, 3.05) is 19.6 Å². The molecule has 1 aromatic heterocycles. The summed E-state index contributed by atoms with van der Waals surface area (Å²) < 4.78 is 6.60. The van der Waals surface area contributed by atoms with E-state index in [1.165, 1.54) is 9.35 Å². The first-order chi connectivity index (χ1) is 10.3. The van der Waals surface area contributed by atoms with Gasteiger partial charge in [0.1, 0.15) is 5.60 Å². The van der Waals surface area contributed by atoms with Gasteiger partial charge in [-0.2, -0.15) is 0 Å². The second-order valence-electron chi connectivity index (χ2n) is 6.84. The maximum absolute atomic E-state index is 12.1. The highest BCUT2D eigenvalue weighted by molar-refractivity contribution is 9.10. The third kappa shape index (κ3) is 4.96. The van der Waals surface area contributed by atoms with Gasteiger partial charge in [0.15, 0.2) is 0 Å². The summed E-state index contributed by atoms with van der Waals surface area (Å²) in [5.41, 5.74) is -0.423. The van der Waals surface area contributed by atoms with Crippen molar-refractivity contribution in [1.29, 1.82) is 0 Å². The molecule has 1 saturated heterocycles. The van der Waals surface area contributed by atoms with Crippen LogP contribution in [0, 0.1) is 5.92 Å².